The van der Waals surface area contributed by atoms with Crippen LogP contribution in [0.15, 0.2) is 54.6 Å². The highest BCUT2D eigenvalue weighted by molar-refractivity contribution is 5.39. The normalized spacial score (nSPS) is 19.1. The Morgan fingerprint density at radius 2 is 1.68 bits per heavy atom. The van der Waals surface area contributed by atoms with E-state index in [-0.39, 0.29) is 6.10 Å². The fourth-order valence-corrected chi connectivity index (χ4v) is 2.12. The van der Waals surface area contributed by atoms with Crippen LogP contribution in [0.4, 0.5) is 0 Å². The second-order valence-corrected chi connectivity index (χ2v) is 4.39. The van der Waals surface area contributed by atoms with Crippen LogP contribution in [0.1, 0.15) is 11.7 Å². The number of hydrogen-bond donors (Lipinski definition) is 0. The van der Waals surface area contributed by atoms with Gasteiger partial charge >= 0.3 is 0 Å². The first-order valence-corrected chi connectivity index (χ1v) is 6.44. The van der Waals surface area contributed by atoms with E-state index in [9.17, 15) is 0 Å². The monoisotopic (exact) mass is 256 g/mol. The van der Waals surface area contributed by atoms with Crippen molar-refractivity contribution in [2.45, 2.75) is 6.10 Å². The molecule has 0 amide bonds. The quantitative estimate of drug-likeness (QED) is 0.840. The summed E-state index contributed by atoms with van der Waals surface area (Å²) in [6, 6.07) is 17.7. The number of para-hydroxylation sites is 2. The summed E-state index contributed by atoms with van der Waals surface area (Å²) in [7, 11) is 0. The summed E-state index contributed by atoms with van der Waals surface area (Å²) < 4.78 is 17.1. The number of benzene rings is 2. The van der Waals surface area contributed by atoms with Crippen molar-refractivity contribution in [3.05, 3.63) is 60.2 Å². The largest absolute Gasteiger partial charge is 0.457 e. The summed E-state index contributed by atoms with van der Waals surface area (Å²) in [5.74, 6) is 1.65. The van der Waals surface area contributed by atoms with Gasteiger partial charge in [-0.3, -0.25) is 0 Å². The van der Waals surface area contributed by atoms with Gasteiger partial charge in [0.25, 0.3) is 0 Å². The van der Waals surface area contributed by atoms with Crippen LogP contribution in [-0.4, -0.2) is 19.8 Å². The lowest BCUT2D eigenvalue weighted by atomic mass is 10.1. The van der Waals surface area contributed by atoms with E-state index in [1.807, 2.05) is 54.6 Å². The second kappa shape index (κ2) is 5.87. The second-order valence-electron chi connectivity index (χ2n) is 4.39. The van der Waals surface area contributed by atoms with Crippen LogP contribution in [0.3, 0.4) is 0 Å². The molecule has 0 aliphatic carbocycles. The molecule has 0 aromatic heterocycles. The molecule has 1 aliphatic rings. The van der Waals surface area contributed by atoms with Gasteiger partial charge in [-0.25, -0.2) is 0 Å². The molecule has 1 unspecified atom stereocenters. The fourth-order valence-electron chi connectivity index (χ4n) is 2.12. The molecule has 98 valence electrons. The standard InChI is InChI=1S/C16H16O3/c1-2-6-13(7-3-1)19-15-9-5-4-8-14(15)16-12-17-10-11-18-16/h1-9,16H,10-12H2. The minimum atomic E-state index is -0.0475. The van der Waals surface area contributed by atoms with Crippen LogP contribution in [0, 0.1) is 0 Å². The molecule has 1 heterocycles. The molecule has 19 heavy (non-hydrogen) atoms. The Bertz CT molecular complexity index is 519. The molecule has 1 aliphatic heterocycles. The van der Waals surface area contributed by atoms with E-state index in [1.54, 1.807) is 0 Å². The van der Waals surface area contributed by atoms with E-state index in [2.05, 4.69) is 0 Å². The van der Waals surface area contributed by atoms with Gasteiger partial charge in [-0.1, -0.05) is 36.4 Å². The van der Waals surface area contributed by atoms with Gasteiger partial charge in [0.2, 0.25) is 0 Å². The lowest BCUT2D eigenvalue weighted by Crippen LogP contribution is -2.22. The van der Waals surface area contributed by atoms with Gasteiger partial charge < -0.3 is 14.2 Å². The summed E-state index contributed by atoms with van der Waals surface area (Å²) >= 11 is 0. The minimum Gasteiger partial charge on any atom is -0.457 e. The summed E-state index contributed by atoms with van der Waals surface area (Å²) in [4.78, 5) is 0. The van der Waals surface area contributed by atoms with Crippen molar-refractivity contribution in [1.29, 1.82) is 0 Å². The highest BCUT2D eigenvalue weighted by atomic mass is 16.6. The molecule has 1 fully saturated rings. The molecule has 3 heteroatoms. The average molecular weight is 256 g/mol. The van der Waals surface area contributed by atoms with Crippen LogP contribution in [0.2, 0.25) is 0 Å². The Morgan fingerprint density at radius 3 is 2.47 bits per heavy atom. The first-order chi connectivity index (χ1) is 9.43. The molecular weight excluding hydrogens is 240 g/mol. The molecule has 0 spiro atoms. The van der Waals surface area contributed by atoms with Gasteiger partial charge in [0, 0.05) is 5.56 Å². The van der Waals surface area contributed by atoms with Crippen molar-refractivity contribution in [3.8, 4) is 11.5 Å². The zero-order chi connectivity index (χ0) is 12.9. The van der Waals surface area contributed by atoms with Gasteiger partial charge in [0.05, 0.1) is 19.8 Å². The predicted octanol–water partition coefficient (Wildman–Crippen LogP) is 3.57. The summed E-state index contributed by atoms with van der Waals surface area (Å²) in [6.45, 7) is 1.87. The Labute approximate surface area is 112 Å². The first-order valence-electron chi connectivity index (χ1n) is 6.44. The molecule has 2 aromatic rings. The SMILES string of the molecule is c1ccc(Oc2ccccc2C2COCCO2)cc1. The van der Waals surface area contributed by atoms with Crippen molar-refractivity contribution >= 4 is 0 Å². The molecule has 0 saturated carbocycles. The molecule has 3 rings (SSSR count). The van der Waals surface area contributed by atoms with Crippen molar-refractivity contribution in [2.75, 3.05) is 19.8 Å². The summed E-state index contributed by atoms with van der Waals surface area (Å²) in [6.07, 6.45) is -0.0475. The zero-order valence-electron chi connectivity index (χ0n) is 10.6. The van der Waals surface area contributed by atoms with E-state index >= 15 is 0 Å². The first kappa shape index (κ1) is 12.2. The van der Waals surface area contributed by atoms with Gasteiger partial charge in [0.1, 0.15) is 17.6 Å². The van der Waals surface area contributed by atoms with E-state index < -0.39 is 0 Å². The topological polar surface area (TPSA) is 27.7 Å². The van der Waals surface area contributed by atoms with E-state index in [1.165, 1.54) is 0 Å². The van der Waals surface area contributed by atoms with Gasteiger partial charge in [-0.15, -0.1) is 0 Å². The van der Waals surface area contributed by atoms with Gasteiger partial charge in [-0.05, 0) is 18.2 Å². The third kappa shape index (κ3) is 2.95. The summed E-state index contributed by atoms with van der Waals surface area (Å²) in [5.41, 5.74) is 1.03. The molecule has 0 bridgehead atoms. The highest BCUT2D eigenvalue weighted by Crippen LogP contribution is 2.32. The Kier molecular flexibility index (Phi) is 3.77. The van der Waals surface area contributed by atoms with Crippen LogP contribution < -0.4 is 4.74 Å². The third-order valence-electron chi connectivity index (χ3n) is 3.05. The number of hydrogen-bond acceptors (Lipinski definition) is 3. The van der Waals surface area contributed by atoms with Crippen molar-refractivity contribution in [3.63, 3.8) is 0 Å². The number of ether oxygens (including phenoxy) is 3. The van der Waals surface area contributed by atoms with Crippen molar-refractivity contribution in [1.82, 2.24) is 0 Å². The lowest BCUT2D eigenvalue weighted by Gasteiger charge is -2.24. The molecule has 0 N–H and O–H groups in total. The fraction of sp³-hybridized carbons (Fsp3) is 0.250. The maximum Gasteiger partial charge on any atom is 0.133 e. The third-order valence-corrected chi connectivity index (χ3v) is 3.05. The van der Waals surface area contributed by atoms with E-state index in [0.717, 1.165) is 17.1 Å². The molecule has 1 saturated heterocycles. The van der Waals surface area contributed by atoms with Crippen LogP contribution in [-0.2, 0) is 9.47 Å². The van der Waals surface area contributed by atoms with Crippen LogP contribution in [0.5, 0.6) is 11.5 Å². The van der Waals surface area contributed by atoms with E-state index in [0.29, 0.717) is 19.8 Å². The Balaban J connectivity index is 1.84. The van der Waals surface area contributed by atoms with Gasteiger partial charge in [-0.2, -0.15) is 0 Å². The predicted molar refractivity (Wildman–Crippen MR) is 72.5 cm³/mol. The van der Waals surface area contributed by atoms with Crippen molar-refractivity contribution < 1.29 is 14.2 Å². The maximum absolute atomic E-state index is 5.93. The number of rotatable bonds is 3. The Morgan fingerprint density at radius 1 is 0.895 bits per heavy atom. The van der Waals surface area contributed by atoms with Crippen molar-refractivity contribution in [2.24, 2.45) is 0 Å². The van der Waals surface area contributed by atoms with Gasteiger partial charge in [0.15, 0.2) is 0 Å². The lowest BCUT2D eigenvalue weighted by molar-refractivity contribution is -0.0906. The molecule has 0 radical (unpaired) electrons. The zero-order valence-corrected chi connectivity index (χ0v) is 10.6. The summed E-state index contributed by atoms with van der Waals surface area (Å²) in [5, 5.41) is 0. The Hall–Kier alpha value is -1.84. The molecular formula is C16H16O3. The van der Waals surface area contributed by atoms with Crippen LogP contribution >= 0.6 is 0 Å². The molecule has 3 nitrogen and oxygen atoms in total. The minimum absolute atomic E-state index is 0.0475. The maximum atomic E-state index is 5.93. The average Bonchev–Trinajstić information content (AvgIpc) is 2.50. The molecule has 2 aromatic carbocycles. The van der Waals surface area contributed by atoms with E-state index in [4.69, 9.17) is 14.2 Å². The molecule has 1 atom stereocenters. The smallest absolute Gasteiger partial charge is 0.133 e. The highest BCUT2D eigenvalue weighted by Gasteiger charge is 2.20. The van der Waals surface area contributed by atoms with Crippen LogP contribution in [0.25, 0.3) is 0 Å².